The summed E-state index contributed by atoms with van der Waals surface area (Å²) in [7, 11) is 1.21. The largest absolute Gasteiger partial charge is 0.463 e. The fraction of sp³-hybridized carbons (Fsp3) is 0.100. The molecule has 1 heterocycles. The van der Waals surface area contributed by atoms with E-state index < -0.39 is 11.8 Å². The number of halogens is 2. The first-order valence-electron chi connectivity index (χ1n) is 4.78. The summed E-state index contributed by atoms with van der Waals surface area (Å²) in [6.45, 7) is 0. The summed E-state index contributed by atoms with van der Waals surface area (Å²) in [5.74, 6) is -1.44. The number of benzene rings is 1. The second-order valence-corrected chi connectivity index (χ2v) is 3.74. The molecule has 0 radical (unpaired) electrons. The summed E-state index contributed by atoms with van der Waals surface area (Å²) < 4.78 is 18.8. The molecule has 0 aliphatic heterocycles. The van der Waals surface area contributed by atoms with Gasteiger partial charge in [0.15, 0.2) is 0 Å². The fourth-order valence-electron chi connectivity index (χ4n) is 1.31. The van der Waals surface area contributed by atoms with Crippen molar-refractivity contribution in [2.75, 3.05) is 12.8 Å². The molecule has 0 saturated carbocycles. The van der Waals surface area contributed by atoms with Crippen LogP contribution >= 0.6 is 11.6 Å². The molecule has 1 aromatic carbocycles. The molecule has 0 bridgehead atoms. The molecule has 18 heavy (non-hydrogen) atoms. The summed E-state index contributed by atoms with van der Waals surface area (Å²) in [6.07, 6.45) is 1.26. The lowest BCUT2D eigenvalue weighted by atomic mass is 10.2. The maximum Gasteiger partial charge on any atom is 0.377 e. The minimum Gasteiger partial charge on any atom is -0.463 e. The van der Waals surface area contributed by atoms with Gasteiger partial charge in [-0.15, -0.1) is 5.10 Å². The number of nitrogen functional groups attached to an aromatic ring is 1. The minimum absolute atomic E-state index is 0.102. The molecule has 0 aliphatic rings. The van der Waals surface area contributed by atoms with Crippen LogP contribution in [0, 0.1) is 5.82 Å². The lowest BCUT2D eigenvalue weighted by Crippen LogP contribution is -2.06. The van der Waals surface area contributed by atoms with Crippen LogP contribution in [0.15, 0.2) is 18.5 Å². The van der Waals surface area contributed by atoms with Crippen molar-refractivity contribution in [3.05, 3.63) is 35.1 Å². The standard InChI is InChI=1S/C10H8ClFN4O2/c1-18-10(17)9-14-4-16(15-9)8-2-5(11)6(12)3-7(8)13/h2-4H,13H2,1H3. The van der Waals surface area contributed by atoms with Crippen LogP contribution in [0.1, 0.15) is 10.6 Å². The van der Waals surface area contributed by atoms with E-state index in [0.717, 1.165) is 6.07 Å². The van der Waals surface area contributed by atoms with Crippen LogP contribution in [-0.4, -0.2) is 27.8 Å². The Kier molecular flexibility index (Phi) is 3.15. The van der Waals surface area contributed by atoms with Gasteiger partial charge in [0, 0.05) is 6.07 Å². The quantitative estimate of drug-likeness (QED) is 0.659. The Balaban J connectivity index is 2.46. The van der Waals surface area contributed by atoms with Crippen molar-refractivity contribution in [3.8, 4) is 5.69 Å². The molecule has 8 heteroatoms. The van der Waals surface area contributed by atoms with E-state index in [-0.39, 0.29) is 16.5 Å². The molecule has 0 saturated heterocycles. The number of rotatable bonds is 2. The summed E-state index contributed by atoms with van der Waals surface area (Å²) in [5.41, 5.74) is 6.08. The summed E-state index contributed by atoms with van der Waals surface area (Å²) in [5, 5.41) is 3.75. The molecule has 0 fully saturated rings. The van der Waals surface area contributed by atoms with Crippen molar-refractivity contribution in [3.63, 3.8) is 0 Å². The lowest BCUT2D eigenvalue weighted by Gasteiger charge is -2.05. The zero-order valence-corrected chi connectivity index (χ0v) is 9.98. The first kappa shape index (κ1) is 12.3. The monoisotopic (exact) mass is 270 g/mol. The molecule has 0 unspecified atom stereocenters. The smallest absolute Gasteiger partial charge is 0.377 e. The predicted molar refractivity (Wildman–Crippen MR) is 62.1 cm³/mol. The molecule has 0 amide bonds. The van der Waals surface area contributed by atoms with Crippen LogP contribution in [0.5, 0.6) is 0 Å². The van der Waals surface area contributed by atoms with Crippen molar-refractivity contribution < 1.29 is 13.9 Å². The Labute approximate surface area is 106 Å². The number of ether oxygens (including phenoxy) is 1. The van der Waals surface area contributed by atoms with Crippen molar-refractivity contribution in [2.45, 2.75) is 0 Å². The SMILES string of the molecule is COC(=O)c1ncn(-c2cc(Cl)c(F)cc2N)n1. The minimum atomic E-state index is -0.680. The maximum atomic E-state index is 13.1. The van der Waals surface area contributed by atoms with Crippen LogP contribution in [0.25, 0.3) is 5.69 Å². The van der Waals surface area contributed by atoms with Crippen molar-refractivity contribution >= 4 is 23.3 Å². The predicted octanol–water partition coefficient (Wildman–Crippen LogP) is 1.43. The van der Waals surface area contributed by atoms with Crippen LogP contribution < -0.4 is 5.73 Å². The Hall–Kier alpha value is -2.15. The van der Waals surface area contributed by atoms with Gasteiger partial charge in [0.1, 0.15) is 12.1 Å². The van der Waals surface area contributed by atoms with E-state index in [1.165, 1.54) is 24.2 Å². The second kappa shape index (κ2) is 4.61. The molecule has 0 atom stereocenters. The highest BCUT2D eigenvalue weighted by molar-refractivity contribution is 6.31. The van der Waals surface area contributed by atoms with Crippen molar-refractivity contribution in [1.29, 1.82) is 0 Å². The van der Waals surface area contributed by atoms with Gasteiger partial charge in [-0.1, -0.05) is 11.6 Å². The number of methoxy groups -OCH3 is 1. The Bertz CT molecular complexity index is 614. The van der Waals surface area contributed by atoms with E-state index in [4.69, 9.17) is 17.3 Å². The van der Waals surface area contributed by atoms with Gasteiger partial charge in [0.05, 0.1) is 23.5 Å². The first-order valence-corrected chi connectivity index (χ1v) is 5.15. The Morgan fingerprint density at radius 3 is 2.94 bits per heavy atom. The number of hydrogen-bond donors (Lipinski definition) is 1. The first-order chi connectivity index (χ1) is 8.52. The zero-order chi connectivity index (χ0) is 13.3. The third kappa shape index (κ3) is 2.12. The average Bonchev–Trinajstić information content (AvgIpc) is 2.82. The normalized spacial score (nSPS) is 10.4. The summed E-state index contributed by atoms with van der Waals surface area (Å²) in [4.78, 5) is 14.9. The van der Waals surface area contributed by atoms with Crippen molar-refractivity contribution in [2.24, 2.45) is 0 Å². The van der Waals surface area contributed by atoms with E-state index in [9.17, 15) is 9.18 Å². The Morgan fingerprint density at radius 1 is 1.56 bits per heavy atom. The van der Waals surface area contributed by atoms with E-state index in [2.05, 4.69) is 14.8 Å². The number of aromatic nitrogens is 3. The molecule has 2 aromatic rings. The van der Waals surface area contributed by atoms with Gasteiger partial charge in [-0.2, -0.15) is 0 Å². The van der Waals surface area contributed by atoms with Crippen molar-refractivity contribution in [1.82, 2.24) is 14.8 Å². The van der Waals surface area contributed by atoms with Gasteiger partial charge in [0.25, 0.3) is 5.82 Å². The van der Waals surface area contributed by atoms with Gasteiger partial charge in [0.2, 0.25) is 0 Å². The summed E-state index contributed by atoms with van der Waals surface area (Å²) >= 11 is 5.65. The Morgan fingerprint density at radius 2 is 2.28 bits per heavy atom. The molecule has 94 valence electrons. The fourth-order valence-corrected chi connectivity index (χ4v) is 1.47. The number of carbonyl (C=O) groups is 1. The number of anilines is 1. The molecule has 0 aliphatic carbocycles. The highest BCUT2D eigenvalue weighted by Crippen LogP contribution is 2.24. The number of hydrogen-bond acceptors (Lipinski definition) is 5. The molecule has 1 aromatic heterocycles. The van der Waals surface area contributed by atoms with Crippen LogP contribution in [0.4, 0.5) is 10.1 Å². The van der Waals surface area contributed by atoms with Gasteiger partial charge in [-0.25, -0.2) is 18.9 Å². The van der Waals surface area contributed by atoms with Gasteiger partial charge >= 0.3 is 5.97 Å². The lowest BCUT2D eigenvalue weighted by molar-refractivity contribution is 0.0587. The van der Waals surface area contributed by atoms with Crippen LogP contribution in [0.3, 0.4) is 0 Å². The molecule has 2 N–H and O–H groups in total. The van der Waals surface area contributed by atoms with Gasteiger partial charge in [-0.3, -0.25) is 0 Å². The van der Waals surface area contributed by atoms with Crippen LogP contribution in [0.2, 0.25) is 5.02 Å². The van der Waals surface area contributed by atoms with Gasteiger partial charge < -0.3 is 10.5 Å². The van der Waals surface area contributed by atoms with Crippen LogP contribution in [-0.2, 0) is 4.74 Å². The van der Waals surface area contributed by atoms with E-state index in [1.807, 2.05) is 0 Å². The molecule has 2 rings (SSSR count). The topological polar surface area (TPSA) is 83.0 Å². The number of carbonyl (C=O) groups excluding carboxylic acids is 1. The maximum absolute atomic E-state index is 13.1. The van der Waals surface area contributed by atoms with E-state index in [0.29, 0.717) is 5.69 Å². The highest BCUT2D eigenvalue weighted by atomic mass is 35.5. The average molecular weight is 271 g/mol. The number of nitrogens with two attached hydrogens (primary N) is 1. The van der Waals surface area contributed by atoms with Gasteiger partial charge in [-0.05, 0) is 6.07 Å². The van der Waals surface area contributed by atoms with E-state index >= 15 is 0 Å². The molecular weight excluding hydrogens is 263 g/mol. The third-order valence-electron chi connectivity index (χ3n) is 2.18. The molecular formula is C10H8ClFN4O2. The molecule has 0 spiro atoms. The zero-order valence-electron chi connectivity index (χ0n) is 9.22. The number of esters is 1. The number of nitrogens with zero attached hydrogens (tertiary/aromatic N) is 3. The third-order valence-corrected chi connectivity index (χ3v) is 2.47. The van der Waals surface area contributed by atoms with E-state index in [1.54, 1.807) is 0 Å². The molecule has 6 nitrogen and oxygen atoms in total. The highest BCUT2D eigenvalue weighted by Gasteiger charge is 2.14. The second-order valence-electron chi connectivity index (χ2n) is 3.33. The summed E-state index contributed by atoms with van der Waals surface area (Å²) in [6, 6.07) is 2.36.